The summed E-state index contributed by atoms with van der Waals surface area (Å²) < 4.78 is 7.87. The van der Waals surface area contributed by atoms with Gasteiger partial charge < -0.3 is 0 Å². The molecular formula is C16H45BrN2Si4Sn. The van der Waals surface area contributed by atoms with Crippen molar-refractivity contribution in [3.8, 4) is 0 Å². The van der Waals surface area contributed by atoms with Crippen LogP contribution in [0.2, 0.25) is 83.0 Å². The Bertz CT molecular complexity index is 360. The first kappa shape index (κ1) is 26.1. The number of halogens is 1. The second-order valence-corrected chi connectivity index (χ2v) is 53.2. The van der Waals surface area contributed by atoms with E-state index in [2.05, 4.69) is 110 Å². The molecule has 2 nitrogen and oxygen atoms in total. The fraction of sp³-hybridized carbons (Fsp3) is 1.00. The summed E-state index contributed by atoms with van der Waals surface area (Å²) in [6.07, 6.45) is 0. The van der Waals surface area contributed by atoms with E-state index in [9.17, 15) is 0 Å². The number of hydrogen-bond donors (Lipinski definition) is 0. The van der Waals surface area contributed by atoms with Gasteiger partial charge in [0.15, 0.2) is 0 Å². The van der Waals surface area contributed by atoms with E-state index in [-0.39, 0.29) is 0 Å². The molecule has 24 heavy (non-hydrogen) atoms. The van der Waals surface area contributed by atoms with E-state index in [0.717, 1.165) is 5.92 Å². The van der Waals surface area contributed by atoms with E-state index in [1.54, 1.807) is 0 Å². The van der Waals surface area contributed by atoms with Crippen LogP contribution >= 0.6 is 12.7 Å². The van der Waals surface area contributed by atoms with Crippen LogP contribution in [0.3, 0.4) is 0 Å². The van der Waals surface area contributed by atoms with Crippen molar-refractivity contribution in [3.05, 3.63) is 0 Å². The molecule has 8 heteroatoms. The molecule has 0 heterocycles. The molecule has 0 amide bonds. The van der Waals surface area contributed by atoms with E-state index in [1.807, 2.05) is 0 Å². The summed E-state index contributed by atoms with van der Waals surface area (Å²) >= 11 is 1.80. The summed E-state index contributed by atoms with van der Waals surface area (Å²) in [4.78, 5) is 0. The molecule has 0 atom stereocenters. The molecule has 0 radical (unpaired) electrons. The van der Waals surface area contributed by atoms with Crippen molar-refractivity contribution in [2.24, 2.45) is 5.92 Å². The predicted octanol–water partition coefficient (Wildman–Crippen LogP) is 6.92. The van der Waals surface area contributed by atoms with Gasteiger partial charge in [-0.3, -0.25) is 0 Å². The summed E-state index contributed by atoms with van der Waals surface area (Å²) in [5.41, 5.74) is 0. The molecule has 0 bridgehead atoms. The normalized spacial score (nSPS) is 15.8. The van der Waals surface area contributed by atoms with Crippen LogP contribution in [0.5, 0.6) is 0 Å². The average molecular weight is 577 g/mol. The predicted molar refractivity (Wildman–Crippen MR) is 131 cm³/mol. The van der Waals surface area contributed by atoms with Crippen molar-refractivity contribution in [2.75, 3.05) is 0 Å². The van der Waals surface area contributed by atoms with Crippen LogP contribution in [0, 0.1) is 5.92 Å². The molecule has 0 aromatic rings. The molecule has 0 aliphatic carbocycles. The van der Waals surface area contributed by atoms with Crippen molar-refractivity contribution in [3.63, 3.8) is 0 Å². The van der Waals surface area contributed by atoms with Crippen molar-refractivity contribution in [2.45, 2.75) is 96.8 Å². The minimum atomic E-state index is -2.86. The Balaban J connectivity index is 6.68. The first-order valence-electron chi connectivity index (χ1n) is 9.45. The fourth-order valence-corrected chi connectivity index (χ4v) is 120. The zero-order chi connectivity index (χ0) is 19.9. The molecule has 0 N–H and O–H groups in total. The third-order valence-electron chi connectivity index (χ3n) is 4.04. The third-order valence-corrected chi connectivity index (χ3v) is 73.8. The van der Waals surface area contributed by atoms with Gasteiger partial charge in [-0.25, -0.2) is 0 Å². The van der Waals surface area contributed by atoms with Crippen molar-refractivity contribution in [1.29, 1.82) is 0 Å². The SMILES string of the molecule is CC(C)[CH2][Sn]([Br])([N]([Si](C)(C)C)[Si](C)(C)C)[N]([Si](C)(C)C)[Si](C)(C)C. The molecule has 146 valence electrons. The Labute approximate surface area is 168 Å². The number of rotatable bonds is 8. The van der Waals surface area contributed by atoms with Crippen LogP contribution < -0.4 is 0 Å². The summed E-state index contributed by atoms with van der Waals surface area (Å²) in [6, 6.07) is 0. The Morgan fingerprint density at radius 1 is 0.625 bits per heavy atom. The van der Waals surface area contributed by atoms with Gasteiger partial charge in [-0.05, 0) is 0 Å². The maximum absolute atomic E-state index is 4.66. The standard InChI is InChI=1S/2C6H18NSi2.C4H9.BrH.Sn/c2*1-8(2,3)7-9(4,5)6;1-4(2)3;;/h2*1-6H3;4H,1H2,2-3H3;1H;/q2*-1;;;+3/p-1. The van der Waals surface area contributed by atoms with Crippen LogP contribution in [0.25, 0.3) is 0 Å². The molecule has 0 aromatic carbocycles. The van der Waals surface area contributed by atoms with Gasteiger partial charge in [-0.2, -0.15) is 0 Å². The first-order chi connectivity index (χ1) is 10.1. The topological polar surface area (TPSA) is 6.48 Å². The Hall–Kier alpha value is 2.07. The van der Waals surface area contributed by atoms with E-state index < -0.39 is 49.6 Å². The Morgan fingerprint density at radius 2 is 0.833 bits per heavy atom. The molecule has 0 unspecified atom stereocenters. The van der Waals surface area contributed by atoms with Crippen LogP contribution in [-0.4, -0.2) is 54.5 Å². The monoisotopic (exact) mass is 576 g/mol. The van der Waals surface area contributed by atoms with Gasteiger partial charge in [0.05, 0.1) is 0 Å². The molecule has 0 spiro atoms. The van der Waals surface area contributed by atoms with E-state index in [1.165, 1.54) is 4.44 Å². The third kappa shape index (κ3) is 6.90. The number of hydrogen-bond acceptors (Lipinski definition) is 2. The summed E-state index contributed by atoms with van der Waals surface area (Å²) in [5, 5.41) is 0. The molecule has 0 saturated carbocycles. The van der Waals surface area contributed by atoms with Gasteiger partial charge >= 0.3 is 170 Å². The average Bonchev–Trinajstić information content (AvgIpc) is 2.01. The van der Waals surface area contributed by atoms with Crippen molar-refractivity contribution < 1.29 is 0 Å². The second-order valence-electron chi connectivity index (χ2n) is 11.7. The van der Waals surface area contributed by atoms with E-state index in [4.69, 9.17) is 0 Å². The molecular weight excluding hydrogens is 531 g/mol. The molecule has 0 aromatic heterocycles. The van der Waals surface area contributed by atoms with Gasteiger partial charge in [0.1, 0.15) is 0 Å². The van der Waals surface area contributed by atoms with E-state index >= 15 is 0 Å². The molecule has 0 aliphatic heterocycles. The van der Waals surface area contributed by atoms with Gasteiger partial charge in [0.25, 0.3) is 0 Å². The maximum atomic E-state index is 4.66. The van der Waals surface area contributed by atoms with Gasteiger partial charge in [-0.1, -0.05) is 0 Å². The van der Waals surface area contributed by atoms with Crippen molar-refractivity contribution >= 4 is 62.3 Å². The quantitative estimate of drug-likeness (QED) is 0.290. The van der Waals surface area contributed by atoms with Crippen LogP contribution in [-0.2, 0) is 0 Å². The molecule has 0 saturated heterocycles. The van der Waals surface area contributed by atoms with Gasteiger partial charge in [0.2, 0.25) is 0 Å². The van der Waals surface area contributed by atoms with Gasteiger partial charge in [0, 0.05) is 0 Å². The molecule has 0 fully saturated rings. The van der Waals surface area contributed by atoms with Crippen LogP contribution in [0.1, 0.15) is 13.8 Å². The minimum absolute atomic E-state index is 0.769. The van der Waals surface area contributed by atoms with Crippen LogP contribution in [0.15, 0.2) is 0 Å². The summed E-state index contributed by atoms with van der Waals surface area (Å²) in [5.74, 6) is 0.769. The number of nitrogens with zero attached hydrogens (tertiary/aromatic N) is 2. The molecule has 0 aliphatic rings. The van der Waals surface area contributed by atoms with Crippen LogP contribution in [0.4, 0.5) is 0 Å². The first-order valence-corrected chi connectivity index (χ1v) is 34.2. The van der Waals surface area contributed by atoms with Crippen molar-refractivity contribution in [1.82, 2.24) is 4.91 Å². The zero-order valence-corrected chi connectivity index (χ0v) is 27.5. The molecule has 0 rings (SSSR count). The Morgan fingerprint density at radius 3 is 0.958 bits per heavy atom. The van der Waals surface area contributed by atoms with E-state index in [0.29, 0.717) is 0 Å². The van der Waals surface area contributed by atoms with Gasteiger partial charge in [-0.15, -0.1) is 0 Å². The second kappa shape index (κ2) is 8.20. The summed E-state index contributed by atoms with van der Waals surface area (Å²) in [6.45, 7) is 35.9. The Kier molecular flexibility index (Phi) is 8.91. The zero-order valence-electron chi connectivity index (χ0n) is 19.1. The fourth-order valence-electron chi connectivity index (χ4n) is 4.87. The summed E-state index contributed by atoms with van der Waals surface area (Å²) in [7, 11) is -5.60.